The summed E-state index contributed by atoms with van der Waals surface area (Å²) in [5, 5.41) is 11.4. The first kappa shape index (κ1) is 19.5. The van der Waals surface area contributed by atoms with Gasteiger partial charge in [0.25, 0.3) is 0 Å². The molecule has 2 aromatic rings. The van der Waals surface area contributed by atoms with Crippen LogP contribution in [0.1, 0.15) is 0 Å². The molecule has 3 saturated heterocycles. The molecule has 3 aliphatic heterocycles. The standard InChI is InChI=1S/C22H24N6O3/c1-26-20(29)17(9-23-22(26)31)21(30)28-12-15-10-27(11-16(15)13-28)19-8-7-18(24-25-19)14-5-3-2-4-6-14/h2-8,15-17H,9-13H2,1H3,(H,23,31). The van der Waals surface area contributed by atoms with Gasteiger partial charge in [-0.2, -0.15) is 0 Å². The van der Waals surface area contributed by atoms with Crippen LogP contribution in [0.25, 0.3) is 11.3 Å². The smallest absolute Gasteiger partial charge is 0.323 e. The number of imide groups is 1. The predicted molar refractivity (Wildman–Crippen MR) is 113 cm³/mol. The van der Waals surface area contributed by atoms with E-state index in [1.54, 1.807) is 4.90 Å². The van der Waals surface area contributed by atoms with Crippen molar-refractivity contribution in [1.82, 2.24) is 25.3 Å². The number of urea groups is 1. The maximum Gasteiger partial charge on any atom is 0.323 e. The summed E-state index contributed by atoms with van der Waals surface area (Å²) in [5.41, 5.74) is 1.88. The highest BCUT2D eigenvalue weighted by atomic mass is 16.2. The highest BCUT2D eigenvalue weighted by Crippen LogP contribution is 2.34. The summed E-state index contributed by atoms with van der Waals surface area (Å²) < 4.78 is 0. The molecular weight excluding hydrogens is 396 g/mol. The Labute approximate surface area is 180 Å². The van der Waals surface area contributed by atoms with E-state index in [1.807, 2.05) is 42.5 Å². The lowest BCUT2D eigenvalue weighted by atomic mass is 10.0. The van der Waals surface area contributed by atoms with Crippen LogP contribution >= 0.6 is 0 Å². The number of hydrogen-bond donors (Lipinski definition) is 1. The van der Waals surface area contributed by atoms with Gasteiger partial charge in [-0.15, -0.1) is 10.2 Å². The fourth-order valence-corrected chi connectivity index (χ4v) is 4.76. The molecule has 1 aromatic carbocycles. The van der Waals surface area contributed by atoms with Crippen LogP contribution < -0.4 is 10.2 Å². The van der Waals surface area contributed by atoms with Gasteiger partial charge in [0.2, 0.25) is 11.8 Å². The van der Waals surface area contributed by atoms with Crippen LogP contribution in [0.3, 0.4) is 0 Å². The van der Waals surface area contributed by atoms with Gasteiger partial charge in [-0.25, -0.2) is 4.79 Å². The first-order valence-corrected chi connectivity index (χ1v) is 10.5. The minimum Gasteiger partial charge on any atom is -0.354 e. The third kappa shape index (κ3) is 3.49. The fraction of sp³-hybridized carbons (Fsp3) is 0.409. The highest BCUT2D eigenvalue weighted by molar-refractivity contribution is 6.08. The van der Waals surface area contributed by atoms with Gasteiger partial charge in [0, 0.05) is 57.2 Å². The Morgan fingerprint density at radius 3 is 2.32 bits per heavy atom. The van der Waals surface area contributed by atoms with Crippen LogP contribution in [0.2, 0.25) is 0 Å². The second kappa shape index (κ2) is 7.64. The van der Waals surface area contributed by atoms with E-state index in [4.69, 9.17) is 0 Å². The number of fused-ring (bicyclic) bond motifs is 1. The number of amides is 4. The van der Waals surface area contributed by atoms with E-state index in [-0.39, 0.29) is 12.5 Å². The molecule has 5 rings (SSSR count). The largest absolute Gasteiger partial charge is 0.354 e. The van der Waals surface area contributed by atoms with Crippen molar-refractivity contribution in [1.29, 1.82) is 0 Å². The highest BCUT2D eigenvalue weighted by Gasteiger charge is 2.46. The Morgan fingerprint density at radius 1 is 0.968 bits per heavy atom. The average molecular weight is 420 g/mol. The number of aromatic nitrogens is 2. The van der Waals surface area contributed by atoms with Gasteiger partial charge in [-0.3, -0.25) is 14.5 Å². The van der Waals surface area contributed by atoms with Crippen LogP contribution in [0.5, 0.6) is 0 Å². The maximum absolute atomic E-state index is 12.9. The van der Waals surface area contributed by atoms with E-state index in [0.717, 1.165) is 35.1 Å². The monoisotopic (exact) mass is 420 g/mol. The summed E-state index contributed by atoms with van der Waals surface area (Å²) in [5.74, 6) is 0.0786. The summed E-state index contributed by atoms with van der Waals surface area (Å²) >= 11 is 0. The number of benzene rings is 1. The Kier molecular flexibility index (Phi) is 4.80. The molecule has 1 aromatic heterocycles. The molecule has 0 saturated carbocycles. The van der Waals surface area contributed by atoms with Crippen molar-refractivity contribution in [3.8, 4) is 11.3 Å². The first-order chi connectivity index (χ1) is 15.0. The third-order valence-electron chi connectivity index (χ3n) is 6.53. The second-order valence-corrected chi connectivity index (χ2v) is 8.45. The Hall–Kier alpha value is -3.49. The van der Waals surface area contributed by atoms with Crippen molar-refractivity contribution in [2.24, 2.45) is 17.8 Å². The van der Waals surface area contributed by atoms with Crippen molar-refractivity contribution in [2.75, 3.05) is 44.7 Å². The summed E-state index contributed by atoms with van der Waals surface area (Å²) in [6, 6.07) is 13.5. The topological polar surface area (TPSA) is 98.7 Å². The fourth-order valence-electron chi connectivity index (χ4n) is 4.76. The second-order valence-electron chi connectivity index (χ2n) is 8.45. The molecule has 9 heteroatoms. The summed E-state index contributed by atoms with van der Waals surface area (Å²) in [7, 11) is 1.40. The predicted octanol–water partition coefficient (Wildman–Crippen LogP) is 0.836. The zero-order valence-corrected chi connectivity index (χ0v) is 17.3. The number of rotatable bonds is 3. The van der Waals surface area contributed by atoms with Crippen molar-refractivity contribution in [3.63, 3.8) is 0 Å². The Balaban J connectivity index is 1.21. The molecule has 4 heterocycles. The van der Waals surface area contributed by atoms with E-state index in [1.165, 1.54) is 7.05 Å². The molecular formula is C22H24N6O3. The van der Waals surface area contributed by atoms with Gasteiger partial charge in [-0.05, 0) is 12.1 Å². The molecule has 4 amide bonds. The lowest BCUT2D eigenvalue weighted by Gasteiger charge is -2.31. The van der Waals surface area contributed by atoms with Gasteiger partial charge in [-0.1, -0.05) is 30.3 Å². The van der Waals surface area contributed by atoms with Crippen LogP contribution in [0.15, 0.2) is 42.5 Å². The number of nitrogens with one attached hydrogen (secondary N) is 1. The SMILES string of the molecule is CN1C(=O)NCC(C(=O)N2CC3CN(c4ccc(-c5ccccc5)nn4)CC3C2)C1=O. The molecule has 3 atom stereocenters. The number of nitrogens with zero attached hydrogens (tertiary/aromatic N) is 5. The van der Waals surface area contributed by atoms with E-state index in [2.05, 4.69) is 20.4 Å². The Morgan fingerprint density at radius 2 is 1.68 bits per heavy atom. The molecule has 1 N–H and O–H groups in total. The maximum atomic E-state index is 12.9. The first-order valence-electron chi connectivity index (χ1n) is 10.5. The number of carbonyl (C=O) groups excluding carboxylic acids is 3. The van der Waals surface area contributed by atoms with Crippen molar-refractivity contribution in [3.05, 3.63) is 42.5 Å². The van der Waals surface area contributed by atoms with Gasteiger partial charge in [0.05, 0.1) is 5.69 Å². The number of likely N-dealkylation sites (tertiary alicyclic amines) is 1. The van der Waals surface area contributed by atoms with Crippen LogP contribution in [0, 0.1) is 17.8 Å². The van der Waals surface area contributed by atoms with Gasteiger partial charge < -0.3 is 15.1 Å². The average Bonchev–Trinajstić information content (AvgIpc) is 3.38. The van der Waals surface area contributed by atoms with Gasteiger partial charge in [0.15, 0.2) is 5.82 Å². The zero-order chi connectivity index (χ0) is 21.5. The normalized spacial score (nSPS) is 25.6. The molecule has 0 aliphatic carbocycles. The zero-order valence-electron chi connectivity index (χ0n) is 17.3. The minimum atomic E-state index is -0.825. The minimum absolute atomic E-state index is 0.0716. The van der Waals surface area contributed by atoms with Gasteiger partial charge >= 0.3 is 6.03 Å². The van der Waals surface area contributed by atoms with E-state index >= 15 is 0 Å². The van der Waals surface area contributed by atoms with E-state index in [9.17, 15) is 14.4 Å². The molecule has 0 radical (unpaired) electrons. The van der Waals surface area contributed by atoms with E-state index < -0.39 is 17.9 Å². The molecule has 160 valence electrons. The van der Waals surface area contributed by atoms with Crippen molar-refractivity contribution < 1.29 is 14.4 Å². The number of hydrogen-bond acceptors (Lipinski definition) is 6. The molecule has 3 fully saturated rings. The van der Waals surface area contributed by atoms with Crippen molar-refractivity contribution >= 4 is 23.7 Å². The summed E-state index contributed by atoms with van der Waals surface area (Å²) in [4.78, 5) is 41.8. The van der Waals surface area contributed by atoms with Crippen LogP contribution in [-0.2, 0) is 9.59 Å². The lowest BCUT2D eigenvalue weighted by molar-refractivity contribution is -0.145. The molecule has 0 bridgehead atoms. The number of anilines is 1. The van der Waals surface area contributed by atoms with Crippen LogP contribution in [-0.4, -0.2) is 77.6 Å². The Bertz CT molecular complexity index is 998. The van der Waals surface area contributed by atoms with Crippen LogP contribution in [0.4, 0.5) is 10.6 Å². The molecule has 0 spiro atoms. The van der Waals surface area contributed by atoms with Crippen molar-refractivity contribution in [2.45, 2.75) is 0 Å². The lowest BCUT2D eigenvalue weighted by Crippen LogP contribution is -2.57. The quantitative estimate of drug-likeness (QED) is 0.739. The summed E-state index contributed by atoms with van der Waals surface area (Å²) in [6.45, 7) is 2.93. The third-order valence-corrected chi connectivity index (χ3v) is 6.53. The number of carbonyl (C=O) groups is 3. The van der Waals surface area contributed by atoms with Gasteiger partial charge in [0.1, 0.15) is 5.92 Å². The molecule has 31 heavy (non-hydrogen) atoms. The summed E-state index contributed by atoms with van der Waals surface area (Å²) in [6.07, 6.45) is 0. The molecule has 3 aliphatic rings. The van der Waals surface area contributed by atoms with E-state index in [0.29, 0.717) is 24.9 Å². The molecule has 3 unspecified atom stereocenters. The molecule has 9 nitrogen and oxygen atoms in total.